The number of halogens is 2. The van der Waals surface area contributed by atoms with E-state index >= 15 is 0 Å². The lowest BCUT2D eigenvalue weighted by Crippen LogP contribution is -2.25. The minimum atomic E-state index is -2.31. The molecule has 2 nitrogen and oxygen atoms in total. The van der Waals surface area contributed by atoms with Crippen molar-refractivity contribution in [2.75, 3.05) is 0 Å². The molecule has 78 valence electrons. The Bertz CT molecular complexity index is 168. The Morgan fingerprint density at radius 3 is 2.38 bits per heavy atom. The Morgan fingerprint density at radius 1 is 1.46 bits per heavy atom. The van der Waals surface area contributed by atoms with Gasteiger partial charge in [0.1, 0.15) is 16.1 Å². The minimum Gasteiger partial charge on any atom is -0.591 e. The molecule has 0 fully saturated rings. The molecule has 0 unspecified atom stereocenters. The van der Waals surface area contributed by atoms with E-state index in [1.165, 1.54) is 6.21 Å². The molecule has 0 aliphatic heterocycles. The van der Waals surface area contributed by atoms with Crippen molar-refractivity contribution in [3.8, 4) is 0 Å². The van der Waals surface area contributed by atoms with Crippen LogP contribution >= 0.6 is 0 Å². The average molecular weight is 211 g/mol. The Morgan fingerprint density at radius 2 is 2.00 bits per heavy atom. The first-order chi connectivity index (χ1) is 5.84. The Balaban J connectivity index is 3.72. The van der Waals surface area contributed by atoms with E-state index < -0.39 is 22.5 Å². The van der Waals surface area contributed by atoms with E-state index in [4.69, 9.17) is 0 Å². The molecule has 0 bridgehead atoms. The highest BCUT2D eigenvalue weighted by Crippen LogP contribution is 2.16. The molecule has 0 aliphatic rings. The predicted molar refractivity (Wildman–Crippen MR) is 51.6 cm³/mol. The number of nitrogens with zero attached hydrogens (tertiary/aromatic N) is 1. The summed E-state index contributed by atoms with van der Waals surface area (Å²) >= 11 is -1.33. The van der Waals surface area contributed by atoms with E-state index in [0.717, 1.165) is 0 Å². The molecule has 0 aromatic heterocycles. The fraction of sp³-hybridized carbons (Fsp3) is 0.875. The fourth-order valence-electron chi connectivity index (χ4n) is 0.479. The number of alkyl halides is 2. The average Bonchev–Trinajstić information content (AvgIpc) is 1.95. The van der Waals surface area contributed by atoms with Gasteiger partial charge in [-0.2, -0.15) is 0 Å². The third-order valence-corrected chi connectivity index (χ3v) is 2.60. The van der Waals surface area contributed by atoms with Crippen molar-refractivity contribution < 1.29 is 13.3 Å². The lowest BCUT2D eigenvalue weighted by atomic mass is 10.3. The summed E-state index contributed by atoms with van der Waals surface area (Å²) in [6, 6.07) is 0. The lowest BCUT2D eigenvalue weighted by molar-refractivity contribution is 0.140. The van der Waals surface area contributed by atoms with Crippen molar-refractivity contribution in [3.63, 3.8) is 0 Å². The topological polar surface area (TPSA) is 35.4 Å². The molecular weight excluding hydrogens is 196 g/mol. The highest BCUT2D eigenvalue weighted by molar-refractivity contribution is 7.91. The molecule has 0 N–H and O–H groups in total. The van der Waals surface area contributed by atoms with Crippen LogP contribution in [0.5, 0.6) is 0 Å². The highest BCUT2D eigenvalue weighted by Gasteiger charge is 2.25. The molecule has 0 radical (unpaired) electrons. The Kier molecular flexibility index (Phi) is 5.48. The van der Waals surface area contributed by atoms with Crippen LogP contribution in [0, 0.1) is 0 Å². The molecule has 0 aromatic carbocycles. The molecule has 0 heterocycles. The standard InChI is InChI=1S/C8H15F2NOS/c1-8(2,3)13(12)11-6-4-5-7(9)10/h6-7H,4-5H2,1-3H3/t13-/m0/s1. The maximum atomic E-state index is 11.7. The van der Waals surface area contributed by atoms with Gasteiger partial charge in [0.2, 0.25) is 6.43 Å². The second kappa shape index (κ2) is 5.54. The zero-order chi connectivity index (χ0) is 10.5. The quantitative estimate of drug-likeness (QED) is 0.520. The van der Waals surface area contributed by atoms with Gasteiger partial charge in [-0.1, -0.05) is 4.40 Å². The second-order valence-electron chi connectivity index (χ2n) is 3.62. The van der Waals surface area contributed by atoms with Crippen LogP contribution in [-0.4, -0.2) is 21.9 Å². The van der Waals surface area contributed by atoms with Crippen molar-refractivity contribution in [2.24, 2.45) is 4.40 Å². The third kappa shape index (κ3) is 6.95. The van der Waals surface area contributed by atoms with Crippen molar-refractivity contribution in [1.29, 1.82) is 0 Å². The van der Waals surface area contributed by atoms with Crippen molar-refractivity contribution in [2.45, 2.75) is 44.8 Å². The Hall–Kier alpha value is -0.160. The summed E-state index contributed by atoms with van der Waals surface area (Å²) in [6.07, 6.45) is -1.03. The predicted octanol–water partition coefficient (Wildman–Crippen LogP) is 2.56. The van der Waals surface area contributed by atoms with Crippen LogP contribution in [0.25, 0.3) is 0 Å². The van der Waals surface area contributed by atoms with Gasteiger partial charge in [0, 0.05) is 6.42 Å². The second-order valence-corrected chi connectivity index (χ2v) is 5.55. The van der Waals surface area contributed by atoms with Crippen molar-refractivity contribution in [1.82, 2.24) is 0 Å². The van der Waals surface area contributed by atoms with Crippen LogP contribution in [0.2, 0.25) is 0 Å². The summed E-state index contributed by atoms with van der Waals surface area (Å²) in [7, 11) is 0. The van der Waals surface area contributed by atoms with Gasteiger partial charge in [0.25, 0.3) is 0 Å². The molecule has 0 saturated heterocycles. The summed E-state index contributed by atoms with van der Waals surface area (Å²) in [5.41, 5.74) is 0. The molecule has 0 aliphatic carbocycles. The zero-order valence-electron chi connectivity index (χ0n) is 8.09. The van der Waals surface area contributed by atoms with Gasteiger partial charge in [0.15, 0.2) is 0 Å². The summed E-state index contributed by atoms with van der Waals surface area (Å²) in [4.78, 5) is 0. The maximum Gasteiger partial charge on any atom is 0.239 e. The van der Waals surface area contributed by atoms with Crippen molar-refractivity contribution in [3.05, 3.63) is 0 Å². The van der Waals surface area contributed by atoms with E-state index in [-0.39, 0.29) is 12.8 Å². The van der Waals surface area contributed by atoms with Gasteiger partial charge in [-0.3, -0.25) is 0 Å². The molecule has 0 saturated carbocycles. The molecule has 0 spiro atoms. The molecule has 13 heavy (non-hydrogen) atoms. The lowest BCUT2D eigenvalue weighted by Gasteiger charge is -2.17. The molecular formula is C8H15F2NOS. The number of hydrogen-bond acceptors (Lipinski definition) is 2. The summed E-state index contributed by atoms with van der Waals surface area (Å²) < 4.78 is 37.8. The van der Waals surface area contributed by atoms with Gasteiger partial charge < -0.3 is 4.55 Å². The smallest absolute Gasteiger partial charge is 0.239 e. The van der Waals surface area contributed by atoms with E-state index in [9.17, 15) is 13.3 Å². The monoisotopic (exact) mass is 211 g/mol. The van der Waals surface area contributed by atoms with Gasteiger partial charge in [-0.05, 0) is 27.2 Å². The SMILES string of the molecule is CC(C)(C)[S@+]([O-])N=CCCC(F)F. The van der Waals surface area contributed by atoms with Crippen LogP contribution in [0.4, 0.5) is 8.78 Å². The molecule has 0 rings (SSSR count). The van der Waals surface area contributed by atoms with E-state index in [0.29, 0.717) is 0 Å². The van der Waals surface area contributed by atoms with Crippen LogP contribution < -0.4 is 0 Å². The van der Waals surface area contributed by atoms with Crippen LogP contribution in [0.1, 0.15) is 33.6 Å². The van der Waals surface area contributed by atoms with Crippen LogP contribution in [0.3, 0.4) is 0 Å². The first-order valence-corrected chi connectivity index (χ1v) is 5.17. The van der Waals surface area contributed by atoms with E-state index in [1.54, 1.807) is 20.8 Å². The summed E-state index contributed by atoms with van der Waals surface area (Å²) in [5, 5.41) is 0. The Labute approximate surface area is 80.8 Å². The first kappa shape index (κ1) is 12.8. The minimum absolute atomic E-state index is 0.180. The largest absolute Gasteiger partial charge is 0.591 e. The van der Waals surface area contributed by atoms with Crippen LogP contribution in [0.15, 0.2) is 4.40 Å². The summed E-state index contributed by atoms with van der Waals surface area (Å²) in [6.45, 7) is 5.36. The summed E-state index contributed by atoms with van der Waals surface area (Å²) in [5.74, 6) is 0. The van der Waals surface area contributed by atoms with Crippen LogP contribution in [-0.2, 0) is 11.4 Å². The molecule has 1 atom stereocenters. The zero-order valence-corrected chi connectivity index (χ0v) is 8.91. The molecule has 0 amide bonds. The first-order valence-electron chi connectivity index (χ1n) is 4.06. The maximum absolute atomic E-state index is 11.7. The van der Waals surface area contributed by atoms with Crippen molar-refractivity contribution >= 4 is 17.6 Å². The number of hydrogen-bond donors (Lipinski definition) is 0. The molecule has 5 heteroatoms. The van der Waals surface area contributed by atoms with E-state index in [2.05, 4.69) is 4.40 Å². The van der Waals surface area contributed by atoms with Gasteiger partial charge in [0.05, 0.1) is 6.21 Å². The fourth-order valence-corrected chi connectivity index (χ4v) is 1.04. The molecule has 0 aromatic rings. The van der Waals surface area contributed by atoms with Gasteiger partial charge in [-0.15, -0.1) is 0 Å². The van der Waals surface area contributed by atoms with E-state index in [1.807, 2.05) is 0 Å². The third-order valence-electron chi connectivity index (χ3n) is 1.21. The highest BCUT2D eigenvalue weighted by atomic mass is 32.2. The number of rotatable bonds is 4. The van der Waals surface area contributed by atoms with Gasteiger partial charge in [-0.25, -0.2) is 8.78 Å². The van der Waals surface area contributed by atoms with Gasteiger partial charge >= 0.3 is 0 Å². The normalized spacial score (nSPS) is 15.6.